The number of aromatic nitrogens is 4. The standard InChI is InChI=1S/C44H73N6O9PS/c1-28(2)22-35(45)42(54)61-21-7-19-59-60(55,27-56-20-16-50-26-49-39-40(46)47-25-48-41(39)50)58-18-6-17-57-37(53)11-8-29(3)32-9-10-33-38-34(13-15-44(32,33)5)43(4)14-12-31(51)23-30(43)24-36(38)52/h25-26,28-36,38,51-52H,6-24,27,45H2,1-5H3,(H2,46,47,48)/t29-,30+,31-,32-,33+,34+,35+,36+,38+,43+,44-,60?/m1/s1. The molecule has 6 rings (SSSR count). The Labute approximate surface area is 366 Å². The van der Waals surface area contributed by atoms with Crippen LogP contribution >= 0.6 is 19.4 Å². The van der Waals surface area contributed by atoms with Crippen LogP contribution in [0.5, 0.6) is 0 Å². The summed E-state index contributed by atoms with van der Waals surface area (Å²) in [5.41, 5.74) is 13.3. The number of esters is 1. The summed E-state index contributed by atoms with van der Waals surface area (Å²) in [6, 6.07) is -0.520. The lowest BCUT2D eigenvalue weighted by Gasteiger charge is -2.62. The molecular formula is C44H73N6O9PS. The zero-order valence-corrected chi connectivity index (χ0v) is 38.8. The molecule has 344 valence electrons. The Kier molecular flexibility index (Phi) is 16.8. The number of thioether (sulfide) groups is 1. The van der Waals surface area contributed by atoms with Gasteiger partial charge in [-0.05, 0) is 123 Å². The van der Waals surface area contributed by atoms with Crippen molar-refractivity contribution in [3.05, 3.63) is 12.7 Å². The molecule has 1 unspecified atom stereocenters. The highest BCUT2D eigenvalue weighted by molar-refractivity contribution is 8.13. The first kappa shape index (κ1) is 48.3. The molecule has 15 nitrogen and oxygen atoms in total. The van der Waals surface area contributed by atoms with Crippen LogP contribution in [0.15, 0.2) is 12.7 Å². The number of nitrogens with zero attached hydrogens (tertiary/aromatic N) is 4. The van der Waals surface area contributed by atoms with Gasteiger partial charge in [0.25, 0.3) is 0 Å². The first-order valence-electron chi connectivity index (χ1n) is 22.9. The van der Waals surface area contributed by atoms with Gasteiger partial charge in [0, 0.05) is 25.1 Å². The fourth-order valence-corrected chi connectivity index (χ4v) is 14.1. The molecule has 0 bridgehead atoms. The summed E-state index contributed by atoms with van der Waals surface area (Å²) in [6.45, 7) is 12.0. The number of fused-ring (bicyclic) bond motifs is 6. The SMILES string of the molecule is CC(C)C[C@H](N)C(=O)SCCCOP(=O)(COCCn1cnc2c(N)ncnc21)OCCCOC(=O)CC[C@@H](C)[C@H]1CC[C@H]2[C@@H]3[C@@H](O)C[C@@H]4C[C@H](O)CC[C@]4(C)[C@H]3CC[C@]12C. The Bertz CT molecular complexity index is 1820. The molecule has 4 fully saturated rings. The second-order valence-corrected chi connectivity index (χ2v) is 22.6. The number of nitrogens with two attached hydrogens (primary N) is 2. The minimum Gasteiger partial charge on any atom is -0.466 e. The second kappa shape index (κ2) is 21.2. The third-order valence-electron chi connectivity index (χ3n) is 15.1. The maximum Gasteiger partial charge on any atom is 0.356 e. The summed E-state index contributed by atoms with van der Waals surface area (Å²) in [7, 11) is -3.71. The fourth-order valence-electron chi connectivity index (χ4n) is 11.9. The molecule has 12 atom stereocenters. The van der Waals surface area contributed by atoms with E-state index in [1.54, 1.807) is 10.9 Å². The summed E-state index contributed by atoms with van der Waals surface area (Å²) in [5, 5.41) is 21.9. The van der Waals surface area contributed by atoms with E-state index in [0.29, 0.717) is 90.6 Å². The molecular weight excluding hydrogens is 820 g/mol. The van der Waals surface area contributed by atoms with Crippen molar-refractivity contribution in [2.24, 2.45) is 58.0 Å². The number of hydrogen-bond donors (Lipinski definition) is 4. The number of hydrogen-bond acceptors (Lipinski definition) is 15. The number of aliphatic hydroxyl groups excluding tert-OH is 2. The molecule has 2 aromatic heterocycles. The number of ether oxygens (including phenoxy) is 2. The molecule has 17 heteroatoms. The summed E-state index contributed by atoms with van der Waals surface area (Å²) in [5.74, 6) is 3.39. The number of carbonyl (C=O) groups is 2. The molecule has 4 saturated carbocycles. The van der Waals surface area contributed by atoms with Crippen molar-refractivity contribution in [2.45, 2.75) is 143 Å². The van der Waals surface area contributed by atoms with Crippen molar-refractivity contribution in [1.29, 1.82) is 0 Å². The van der Waals surface area contributed by atoms with E-state index < -0.39 is 13.6 Å². The van der Waals surface area contributed by atoms with E-state index in [-0.39, 0.29) is 72.7 Å². The van der Waals surface area contributed by atoms with Crippen molar-refractivity contribution in [1.82, 2.24) is 19.5 Å². The van der Waals surface area contributed by atoms with Crippen LogP contribution < -0.4 is 11.5 Å². The normalized spacial score (nSPS) is 31.9. The Morgan fingerprint density at radius 3 is 2.48 bits per heavy atom. The lowest BCUT2D eigenvalue weighted by Crippen LogP contribution is -2.58. The van der Waals surface area contributed by atoms with Crippen molar-refractivity contribution in [2.75, 3.05) is 44.3 Å². The van der Waals surface area contributed by atoms with Gasteiger partial charge in [-0.3, -0.25) is 14.2 Å². The van der Waals surface area contributed by atoms with Crippen LogP contribution in [0.3, 0.4) is 0 Å². The van der Waals surface area contributed by atoms with Crippen LogP contribution in [0.1, 0.15) is 118 Å². The van der Waals surface area contributed by atoms with Gasteiger partial charge in [-0.25, -0.2) is 15.0 Å². The zero-order valence-electron chi connectivity index (χ0n) is 37.1. The lowest BCUT2D eigenvalue weighted by atomic mass is 9.43. The Hall–Kier alpha value is -2.17. The highest BCUT2D eigenvalue weighted by Crippen LogP contribution is 2.68. The van der Waals surface area contributed by atoms with Gasteiger partial charge in [0.15, 0.2) is 11.5 Å². The minimum atomic E-state index is -3.71. The van der Waals surface area contributed by atoms with Crippen LogP contribution in [0.2, 0.25) is 0 Å². The minimum absolute atomic E-state index is 0.0418. The predicted molar refractivity (Wildman–Crippen MR) is 236 cm³/mol. The molecule has 61 heavy (non-hydrogen) atoms. The van der Waals surface area contributed by atoms with Crippen LogP contribution in [-0.4, -0.2) is 97.6 Å². The summed E-state index contributed by atoms with van der Waals surface area (Å²) < 4.78 is 38.6. The van der Waals surface area contributed by atoms with Gasteiger partial charge >= 0.3 is 13.6 Å². The van der Waals surface area contributed by atoms with Crippen LogP contribution in [-0.2, 0) is 39.2 Å². The summed E-state index contributed by atoms with van der Waals surface area (Å²) >= 11 is 1.15. The van der Waals surface area contributed by atoms with Crippen molar-refractivity contribution < 1.29 is 42.9 Å². The van der Waals surface area contributed by atoms with E-state index in [9.17, 15) is 24.4 Å². The first-order chi connectivity index (χ1) is 29.0. The monoisotopic (exact) mass is 892 g/mol. The van der Waals surface area contributed by atoms with Crippen molar-refractivity contribution in [3.8, 4) is 0 Å². The van der Waals surface area contributed by atoms with Gasteiger partial charge in [-0.15, -0.1) is 0 Å². The molecule has 0 radical (unpaired) electrons. The topological polar surface area (TPSA) is 224 Å². The van der Waals surface area contributed by atoms with Gasteiger partial charge in [-0.1, -0.05) is 46.4 Å². The number of carbonyl (C=O) groups excluding carboxylic acids is 2. The average Bonchev–Trinajstić information content (AvgIpc) is 3.80. The molecule has 4 aliphatic carbocycles. The first-order valence-corrected chi connectivity index (χ1v) is 25.6. The highest BCUT2D eigenvalue weighted by Gasteiger charge is 2.62. The third-order valence-corrected chi connectivity index (χ3v) is 17.8. The Morgan fingerprint density at radius 1 is 0.967 bits per heavy atom. The summed E-state index contributed by atoms with van der Waals surface area (Å²) in [4.78, 5) is 37.8. The molecule has 2 aromatic rings. The van der Waals surface area contributed by atoms with Gasteiger partial charge in [0.05, 0.1) is 51.0 Å². The molecule has 2 heterocycles. The number of nitrogen functional groups attached to an aromatic ring is 1. The third kappa shape index (κ3) is 11.6. The molecule has 4 aliphatic rings. The van der Waals surface area contributed by atoms with E-state index >= 15 is 0 Å². The van der Waals surface area contributed by atoms with E-state index in [0.717, 1.165) is 69.5 Å². The molecule has 0 aliphatic heterocycles. The quantitative estimate of drug-likeness (QED) is 0.0532. The van der Waals surface area contributed by atoms with Crippen molar-refractivity contribution in [3.63, 3.8) is 0 Å². The zero-order chi connectivity index (χ0) is 44.0. The van der Waals surface area contributed by atoms with Gasteiger partial charge < -0.3 is 44.8 Å². The number of anilines is 1. The van der Waals surface area contributed by atoms with Crippen LogP contribution in [0.25, 0.3) is 11.2 Å². The number of aliphatic hydroxyl groups is 2. The van der Waals surface area contributed by atoms with Crippen LogP contribution in [0.4, 0.5) is 5.82 Å². The molecule has 0 aromatic carbocycles. The van der Waals surface area contributed by atoms with Crippen molar-refractivity contribution >= 4 is 47.4 Å². The average molecular weight is 893 g/mol. The lowest BCUT2D eigenvalue weighted by molar-refractivity contribution is -0.174. The van der Waals surface area contributed by atoms with E-state index in [4.69, 9.17) is 30.0 Å². The van der Waals surface area contributed by atoms with E-state index in [2.05, 4.69) is 35.7 Å². The molecule has 0 amide bonds. The maximum absolute atomic E-state index is 13.8. The number of imidazole rings is 1. The fraction of sp³-hybridized carbons (Fsp3) is 0.841. The smallest absolute Gasteiger partial charge is 0.356 e. The van der Waals surface area contributed by atoms with Crippen LogP contribution in [0, 0.1) is 52.3 Å². The molecule has 0 saturated heterocycles. The highest BCUT2D eigenvalue weighted by atomic mass is 32.2. The largest absolute Gasteiger partial charge is 0.466 e. The van der Waals surface area contributed by atoms with E-state index in [1.807, 2.05) is 13.8 Å². The molecule has 6 N–H and O–H groups in total. The summed E-state index contributed by atoms with van der Waals surface area (Å²) in [6.07, 6.45) is 12.8. The number of rotatable bonds is 22. The second-order valence-electron chi connectivity index (χ2n) is 19.5. The maximum atomic E-state index is 13.8. The van der Waals surface area contributed by atoms with Gasteiger partial charge in [0.2, 0.25) is 5.12 Å². The van der Waals surface area contributed by atoms with Gasteiger partial charge in [0.1, 0.15) is 18.2 Å². The van der Waals surface area contributed by atoms with E-state index in [1.165, 1.54) is 6.33 Å². The Morgan fingerprint density at radius 2 is 1.70 bits per heavy atom. The van der Waals surface area contributed by atoms with Gasteiger partial charge in [-0.2, -0.15) is 0 Å². The predicted octanol–water partition coefficient (Wildman–Crippen LogP) is 6.97. The molecule has 0 spiro atoms. The Balaban J connectivity index is 0.928.